The van der Waals surface area contributed by atoms with Crippen LogP contribution in [0.2, 0.25) is 0 Å². The van der Waals surface area contributed by atoms with Crippen molar-refractivity contribution in [3.63, 3.8) is 0 Å². The molecule has 4 rings (SSSR count). The number of aryl methyl sites for hydroxylation is 1. The van der Waals surface area contributed by atoms with Crippen LogP contribution in [0.4, 0.5) is 4.39 Å². The first kappa shape index (κ1) is 22.5. The molecule has 0 atom stereocenters. The largest absolute Gasteiger partial charge is 0.494 e. The third-order valence-electron chi connectivity index (χ3n) is 5.04. The first-order chi connectivity index (χ1) is 14.7. The van der Waals surface area contributed by atoms with Crippen molar-refractivity contribution in [2.24, 2.45) is 0 Å². The van der Waals surface area contributed by atoms with E-state index >= 15 is 0 Å². The predicted molar refractivity (Wildman–Crippen MR) is 124 cm³/mol. The average Bonchev–Trinajstić information content (AvgIpc) is 3.04. The number of para-hydroxylation sites is 2. The number of imidazole rings is 1. The number of fused-ring (bicyclic) bond motifs is 1. The Morgan fingerprint density at radius 1 is 0.903 bits per heavy atom. The molecule has 0 aliphatic carbocycles. The third kappa shape index (κ3) is 5.11. The van der Waals surface area contributed by atoms with Gasteiger partial charge in [0.2, 0.25) is 5.62 Å². The Kier molecular flexibility index (Phi) is 7.41. The molecule has 31 heavy (non-hydrogen) atoms. The summed E-state index contributed by atoms with van der Waals surface area (Å²) in [5, 5.41) is 8.71. The van der Waals surface area contributed by atoms with Crippen molar-refractivity contribution in [2.45, 2.75) is 19.5 Å². The molecule has 0 unspecified atom stereocenters. The van der Waals surface area contributed by atoms with Crippen LogP contribution in [0.25, 0.3) is 11.0 Å². The Morgan fingerprint density at radius 3 is 2.19 bits per heavy atom. The number of ether oxygens (including phenoxy) is 1. The summed E-state index contributed by atoms with van der Waals surface area (Å²) in [6.45, 7) is 1.67. The van der Waals surface area contributed by atoms with Crippen molar-refractivity contribution in [3.05, 3.63) is 95.4 Å². The maximum absolute atomic E-state index is 13.0. The third-order valence-corrected chi connectivity index (χ3v) is 5.04. The number of aromatic nitrogens is 2. The Hall–Kier alpha value is -3.19. The Balaban J connectivity index is 0.00000272. The van der Waals surface area contributed by atoms with Gasteiger partial charge in [-0.1, -0.05) is 36.4 Å². The zero-order chi connectivity index (χ0) is 20.9. The lowest BCUT2D eigenvalue weighted by Crippen LogP contribution is -2.25. The number of aldehydes is 1. The number of carbonyl (C=O) groups is 1. The first-order valence-corrected chi connectivity index (χ1v) is 9.81. The van der Waals surface area contributed by atoms with E-state index < -0.39 is 0 Å². The van der Waals surface area contributed by atoms with Crippen LogP contribution in [-0.2, 0) is 13.1 Å². The molecule has 5 nitrogen and oxygen atoms in total. The standard InChI is InChI=1S/C24H22FN3O2.BrH/c25-20-10-12-21(13-11-20)30-15-3-14-27-22-4-1-2-5-23(22)28(24(27)26)16-18-6-8-19(17-29)9-7-18;/h1-2,4-13,17,26H,3,14-16H2;1H. The summed E-state index contributed by atoms with van der Waals surface area (Å²) in [4.78, 5) is 10.9. The maximum atomic E-state index is 13.0. The molecule has 0 spiro atoms. The number of nitrogens with one attached hydrogen (secondary N) is 1. The van der Waals surface area contributed by atoms with E-state index in [9.17, 15) is 9.18 Å². The summed E-state index contributed by atoms with van der Waals surface area (Å²) in [6.07, 6.45) is 1.54. The van der Waals surface area contributed by atoms with Gasteiger partial charge in [0.1, 0.15) is 17.9 Å². The fourth-order valence-electron chi connectivity index (χ4n) is 3.51. The Morgan fingerprint density at radius 2 is 1.55 bits per heavy atom. The molecule has 3 aromatic carbocycles. The van der Waals surface area contributed by atoms with E-state index in [4.69, 9.17) is 10.1 Å². The van der Waals surface area contributed by atoms with Crippen molar-refractivity contribution in [3.8, 4) is 5.75 Å². The second-order valence-corrected chi connectivity index (χ2v) is 7.07. The van der Waals surface area contributed by atoms with E-state index in [0.29, 0.717) is 36.6 Å². The van der Waals surface area contributed by atoms with E-state index in [0.717, 1.165) is 29.3 Å². The molecule has 160 valence electrons. The summed E-state index contributed by atoms with van der Waals surface area (Å²) in [6, 6.07) is 21.3. The van der Waals surface area contributed by atoms with Crippen LogP contribution >= 0.6 is 17.0 Å². The van der Waals surface area contributed by atoms with Crippen LogP contribution in [0.3, 0.4) is 0 Å². The minimum atomic E-state index is -0.287. The molecule has 4 aromatic rings. The van der Waals surface area contributed by atoms with Crippen molar-refractivity contribution < 1.29 is 13.9 Å². The van der Waals surface area contributed by atoms with Crippen LogP contribution < -0.4 is 10.4 Å². The van der Waals surface area contributed by atoms with Gasteiger partial charge in [0.15, 0.2) is 0 Å². The first-order valence-electron chi connectivity index (χ1n) is 9.81. The molecule has 0 radical (unpaired) electrons. The quantitative estimate of drug-likeness (QED) is 0.284. The van der Waals surface area contributed by atoms with E-state index in [1.807, 2.05) is 45.5 Å². The molecule has 0 bridgehead atoms. The van der Waals surface area contributed by atoms with Gasteiger partial charge in [0.05, 0.1) is 24.2 Å². The van der Waals surface area contributed by atoms with Crippen LogP contribution in [0, 0.1) is 11.2 Å². The number of benzene rings is 3. The molecule has 0 aliphatic rings. The number of nitrogens with zero attached hydrogens (tertiary/aromatic N) is 2. The summed E-state index contributed by atoms with van der Waals surface area (Å²) in [5.41, 5.74) is 4.06. The molecule has 1 N–H and O–H groups in total. The molecule has 0 saturated heterocycles. The lowest BCUT2D eigenvalue weighted by Gasteiger charge is -2.08. The molecule has 0 saturated carbocycles. The predicted octanol–water partition coefficient (Wildman–Crippen LogP) is 4.97. The van der Waals surface area contributed by atoms with Crippen molar-refractivity contribution >= 4 is 34.3 Å². The van der Waals surface area contributed by atoms with Gasteiger partial charge in [-0.15, -0.1) is 17.0 Å². The number of hydrogen-bond acceptors (Lipinski definition) is 3. The molecule has 1 aromatic heterocycles. The Bertz CT molecular complexity index is 1210. The van der Waals surface area contributed by atoms with Gasteiger partial charge in [-0.05, 0) is 48.4 Å². The van der Waals surface area contributed by atoms with Crippen LogP contribution in [0.15, 0.2) is 72.8 Å². The van der Waals surface area contributed by atoms with Crippen molar-refractivity contribution in [2.75, 3.05) is 6.61 Å². The average molecular weight is 484 g/mol. The van der Waals surface area contributed by atoms with Gasteiger partial charge in [-0.2, -0.15) is 0 Å². The van der Waals surface area contributed by atoms with Crippen LogP contribution in [0.5, 0.6) is 5.75 Å². The van der Waals surface area contributed by atoms with Gasteiger partial charge in [-0.25, -0.2) is 4.39 Å². The zero-order valence-corrected chi connectivity index (χ0v) is 18.5. The summed E-state index contributed by atoms with van der Waals surface area (Å²) in [5.74, 6) is 0.346. The van der Waals surface area contributed by atoms with Crippen molar-refractivity contribution in [1.82, 2.24) is 9.13 Å². The fourth-order valence-corrected chi connectivity index (χ4v) is 3.51. The minimum absolute atomic E-state index is 0. The van der Waals surface area contributed by atoms with Gasteiger partial charge < -0.3 is 13.9 Å². The molecule has 0 amide bonds. The monoisotopic (exact) mass is 483 g/mol. The highest BCUT2D eigenvalue weighted by atomic mass is 79.9. The highest BCUT2D eigenvalue weighted by Crippen LogP contribution is 2.16. The second-order valence-electron chi connectivity index (χ2n) is 7.07. The number of hydrogen-bond donors (Lipinski definition) is 1. The number of halogens is 2. The highest BCUT2D eigenvalue weighted by Gasteiger charge is 2.11. The van der Waals surface area contributed by atoms with E-state index in [1.165, 1.54) is 12.1 Å². The van der Waals surface area contributed by atoms with E-state index in [1.54, 1.807) is 24.3 Å². The molecule has 0 fully saturated rings. The molecular weight excluding hydrogens is 461 g/mol. The highest BCUT2D eigenvalue weighted by molar-refractivity contribution is 8.93. The smallest absolute Gasteiger partial charge is 0.203 e. The van der Waals surface area contributed by atoms with Crippen molar-refractivity contribution in [1.29, 1.82) is 5.41 Å². The van der Waals surface area contributed by atoms with E-state index in [-0.39, 0.29) is 22.8 Å². The second kappa shape index (κ2) is 10.2. The zero-order valence-electron chi connectivity index (χ0n) is 16.8. The van der Waals surface area contributed by atoms with Gasteiger partial charge in [0.25, 0.3) is 0 Å². The summed E-state index contributed by atoms with van der Waals surface area (Å²) >= 11 is 0. The summed E-state index contributed by atoms with van der Waals surface area (Å²) in [7, 11) is 0. The van der Waals surface area contributed by atoms with Crippen LogP contribution in [-0.4, -0.2) is 22.0 Å². The molecule has 0 aliphatic heterocycles. The van der Waals surface area contributed by atoms with Gasteiger partial charge in [0, 0.05) is 12.1 Å². The number of rotatable bonds is 8. The van der Waals surface area contributed by atoms with Gasteiger partial charge in [-0.3, -0.25) is 10.2 Å². The lowest BCUT2D eigenvalue weighted by atomic mass is 10.1. The lowest BCUT2D eigenvalue weighted by molar-refractivity contribution is 0.112. The molecule has 7 heteroatoms. The SMILES string of the molecule is Br.N=c1n(CCCOc2ccc(F)cc2)c2ccccc2n1Cc1ccc(C=O)cc1. The van der Waals surface area contributed by atoms with Crippen LogP contribution in [0.1, 0.15) is 22.3 Å². The van der Waals surface area contributed by atoms with Gasteiger partial charge >= 0.3 is 0 Å². The Labute approximate surface area is 190 Å². The number of carbonyl (C=O) groups excluding carboxylic acids is 1. The maximum Gasteiger partial charge on any atom is 0.203 e. The topological polar surface area (TPSA) is 60.0 Å². The van der Waals surface area contributed by atoms with E-state index in [2.05, 4.69) is 0 Å². The normalized spacial score (nSPS) is 10.6. The summed E-state index contributed by atoms with van der Waals surface area (Å²) < 4.78 is 22.6. The minimum Gasteiger partial charge on any atom is -0.494 e. The molecule has 1 heterocycles. The molecular formula is C24H23BrFN3O2. The fraction of sp³-hybridized carbons (Fsp3) is 0.167.